The minimum atomic E-state index is -4.52. The van der Waals surface area contributed by atoms with Crippen molar-refractivity contribution in [3.63, 3.8) is 0 Å². The minimum absolute atomic E-state index is 0.248. The lowest BCUT2D eigenvalue weighted by Crippen LogP contribution is -2.37. The van der Waals surface area contributed by atoms with Crippen molar-refractivity contribution < 1.29 is 17.9 Å². The molecule has 2 saturated heterocycles. The number of ether oxygens (including phenoxy) is 1. The van der Waals surface area contributed by atoms with E-state index in [0.717, 1.165) is 36.9 Å². The number of hydrogen-bond donors (Lipinski definition) is 1. The largest absolute Gasteiger partial charge is 0.451 e. The molecule has 2 fully saturated rings. The predicted octanol–water partition coefficient (Wildman–Crippen LogP) is 2.67. The third kappa shape index (κ3) is 2.78. The molecule has 2 bridgehead atoms. The van der Waals surface area contributed by atoms with Gasteiger partial charge < -0.3 is 10.1 Å². The van der Waals surface area contributed by atoms with Crippen LogP contribution < -0.4 is 5.32 Å². The number of rotatable bonds is 3. The summed E-state index contributed by atoms with van der Waals surface area (Å²) in [5.41, 5.74) is 2.12. The quantitative estimate of drug-likeness (QED) is 0.937. The molecule has 126 valence electrons. The number of alkyl halides is 3. The van der Waals surface area contributed by atoms with E-state index in [-0.39, 0.29) is 5.60 Å². The normalized spacial score (nSPS) is 26.0. The van der Waals surface area contributed by atoms with Crippen molar-refractivity contribution >= 4 is 0 Å². The van der Waals surface area contributed by atoms with Gasteiger partial charge in [-0.25, -0.2) is 9.97 Å². The summed E-state index contributed by atoms with van der Waals surface area (Å²) >= 11 is 0. The first-order valence-electron chi connectivity index (χ1n) is 7.81. The fraction of sp³-hybridized carbons (Fsp3) is 0.412. The standard InChI is InChI=1S/C17H16F3N3O/c18-17(19,20)15-21-6-5-13(23-15)7-11-1-3-12(4-2-11)16-8-14(9-24-16)22-10-16/h1-6,14,22H,7-10H2/t14-,16-/m1/s1. The third-order valence-electron chi connectivity index (χ3n) is 4.65. The number of fused-ring (bicyclic) bond motifs is 2. The van der Waals surface area contributed by atoms with Gasteiger partial charge in [-0.05, 0) is 23.6 Å². The molecule has 0 radical (unpaired) electrons. The first-order valence-corrected chi connectivity index (χ1v) is 7.81. The van der Waals surface area contributed by atoms with E-state index in [4.69, 9.17) is 4.74 Å². The Bertz CT molecular complexity index is 737. The van der Waals surface area contributed by atoms with E-state index in [2.05, 4.69) is 15.3 Å². The Kier molecular flexibility index (Phi) is 3.58. The average molecular weight is 335 g/mol. The van der Waals surface area contributed by atoms with E-state index in [9.17, 15) is 13.2 Å². The summed E-state index contributed by atoms with van der Waals surface area (Å²) in [6.07, 6.45) is -2.08. The molecule has 2 aromatic rings. The van der Waals surface area contributed by atoms with Gasteiger partial charge in [-0.3, -0.25) is 0 Å². The molecule has 7 heteroatoms. The zero-order valence-electron chi connectivity index (χ0n) is 12.8. The van der Waals surface area contributed by atoms with Crippen LogP contribution in [0.15, 0.2) is 36.5 Å². The number of benzene rings is 1. The van der Waals surface area contributed by atoms with E-state index in [1.54, 1.807) is 0 Å². The van der Waals surface area contributed by atoms with Crippen molar-refractivity contribution in [3.8, 4) is 0 Å². The third-order valence-corrected chi connectivity index (χ3v) is 4.65. The molecular weight excluding hydrogens is 319 g/mol. The second-order valence-corrected chi connectivity index (χ2v) is 6.33. The first kappa shape index (κ1) is 15.5. The summed E-state index contributed by atoms with van der Waals surface area (Å²) in [5, 5.41) is 3.42. The molecule has 1 aromatic heterocycles. The van der Waals surface area contributed by atoms with Crippen molar-refractivity contribution in [2.45, 2.75) is 30.7 Å². The maximum absolute atomic E-state index is 12.7. The highest BCUT2D eigenvalue weighted by Crippen LogP contribution is 2.40. The maximum Gasteiger partial charge on any atom is 0.451 e. The summed E-state index contributed by atoms with van der Waals surface area (Å²) in [5.74, 6) is -1.10. The van der Waals surface area contributed by atoms with Crippen LogP contribution in [-0.2, 0) is 22.9 Å². The number of morpholine rings is 1. The molecule has 2 atom stereocenters. The summed E-state index contributed by atoms with van der Waals surface area (Å²) in [6.45, 7) is 1.53. The van der Waals surface area contributed by atoms with Crippen LogP contribution in [0.25, 0.3) is 0 Å². The lowest BCUT2D eigenvalue weighted by Gasteiger charge is -2.27. The van der Waals surface area contributed by atoms with Gasteiger partial charge >= 0.3 is 6.18 Å². The van der Waals surface area contributed by atoms with Gasteiger partial charge in [0.1, 0.15) is 5.60 Å². The van der Waals surface area contributed by atoms with Gasteiger partial charge in [0.25, 0.3) is 0 Å². The van der Waals surface area contributed by atoms with Crippen molar-refractivity contribution in [3.05, 3.63) is 59.2 Å². The van der Waals surface area contributed by atoms with Crippen molar-refractivity contribution in [1.29, 1.82) is 0 Å². The second kappa shape index (κ2) is 5.53. The Morgan fingerprint density at radius 1 is 1.21 bits per heavy atom. The summed E-state index contributed by atoms with van der Waals surface area (Å²) in [7, 11) is 0. The Morgan fingerprint density at radius 2 is 2.00 bits per heavy atom. The summed E-state index contributed by atoms with van der Waals surface area (Å²) in [4.78, 5) is 6.89. The van der Waals surface area contributed by atoms with Gasteiger partial charge in [0.2, 0.25) is 5.82 Å². The highest BCUT2D eigenvalue weighted by Gasteiger charge is 2.47. The first-order chi connectivity index (χ1) is 11.4. The van der Waals surface area contributed by atoms with Crippen LogP contribution in [0.1, 0.15) is 29.1 Å². The molecule has 0 unspecified atom stereocenters. The monoisotopic (exact) mass is 335 g/mol. The van der Waals surface area contributed by atoms with Crippen LogP contribution in [0.3, 0.4) is 0 Å². The Hall–Kier alpha value is -1.99. The Balaban J connectivity index is 1.52. The topological polar surface area (TPSA) is 47.0 Å². The van der Waals surface area contributed by atoms with Crippen LogP contribution in [0.4, 0.5) is 13.2 Å². The van der Waals surface area contributed by atoms with E-state index < -0.39 is 12.0 Å². The van der Waals surface area contributed by atoms with Gasteiger partial charge in [-0.15, -0.1) is 0 Å². The second-order valence-electron chi connectivity index (χ2n) is 6.33. The molecule has 0 saturated carbocycles. The number of nitrogens with zero attached hydrogens (tertiary/aromatic N) is 2. The van der Waals surface area contributed by atoms with Crippen molar-refractivity contribution in [2.75, 3.05) is 13.2 Å². The maximum atomic E-state index is 12.7. The molecule has 24 heavy (non-hydrogen) atoms. The molecule has 3 heterocycles. The van der Waals surface area contributed by atoms with Crippen molar-refractivity contribution in [2.24, 2.45) is 0 Å². The van der Waals surface area contributed by atoms with Crippen LogP contribution in [0.5, 0.6) is 0 Å². The van der Waals surface area contributed by atoms with Crippen molar-refractivity contribution in [1.82, 2.24) is 15.3 Å². The average Bonchev–Trinajstić information content (AvgIpc) is 3.17. The highest BCUT2D eigenvalue weighted by molar-refractivity contribution is 5.32. The zero-order chi connectivity index (χ0) is 16.8. The predicted molar refractivity (Wildman–Crippen MR) is 80.3 cm³/mol. The molecular formula is C17H16F3N3O. The van der Waals surface area contributed by atoms with Gasteiger partial charge in [0.15, 0.2) is 0 Å². The molecule has 4 rings (SSSR count). The van der Waals surface area contributed by atoms with Gasteiger partial charge in [-0.1, -0.05) is 24.3 Å². The highest BCUT2D eigenvalue weighted by atomic mass is 19.4. The molecule has 0 amide bonds. The summed E-state index contributed by atoms with van der Waals surface area (Å²) in [6, 6.07) is 9.77. The fourth-order valence-electron chi connectivity index (χ4n) is 3.41. The molecule has 0 spiro atoms. The van der Waals surface area contributed by atoms with Gasteiger partial charge in [0, 0.05) is 30.9 Å². The number of aromatic nitrogens is 2. The molecule has 2 aliphatic rings. The number of halogens is 3. The SMILES string of the molecule is FC(F)(F)c1nccc(Cc2ccc([C@@]34CN[C@@H](CO3)C4)cc2)n1. The van der Waals surface area contributed by atoms with Crippen LogP contribution >= 0.6 is 0 Å². The zero-order valence-corrected chi connectivity index (χ0v) is 12.8. The van der Waals surface area contributed by atoms with E-state index in [1.165, 1.54) is 6.07 Å². The number of nitrogens with one attached hydrogen (secondary N) is 1. The Labute approximate surface area is 137 Å². The molecule has 1 aromatic carbocycles. The molecule has 2 aliphatic heterocycles. The minimum Gasteiger partial charge on any atom is -0.367 e. The number of hydrogen-bond acceptors (Lipinski definition) is 4. The van der Waals surface area contributed by atoms with E-state index in [1.807, 2.05) is 24.3 Å². The molecule has 0 aliphatic carbocycles. The lowest BCUT2D eigenvalue weighted by atomic mass is 9.91. The lowest BCUT2D eigenvalue weighted by molar-refractivity contribution is -0.145. The van der Waals surface area contributed by atoms with Gasteiger partial charge in [-0.2, -0.15) is 13.2 Å². The molecule has 1 N–H and O–H groups in total. The van der Waals surface area contributed by atoms with E-state index >= 15 is 0 Å². The summed E-state index contributed by atoms with van der Waals surface area (Å²) < 4.78 is 43.9. The molecule has 4 nitrogen and oxygen atoms in total. The Morgan fingerprint density at radius 3 is 2.58 bits per heavy atom. The van der Waals surface area contributed by atoms with Crippen LogP contribution in [0.2, 0.25) is 0 Å². The van der Waals surface area contributed by atoms with Crippen LogP contribution in [-0.4, -0.2) is 29.2 Å². The van der Waals surface area contributed by atoms with Gasteiger partial charge in [0.05, 0.1) is 6.61 Å². The van der Waals surface area contributed by atoms with E-state index in [0.29, 0.717) is 18.2 Å². The fourth-order valence-corrected chi connectivity index (χ4v) is 3.41. The smallest absolute Gasteiger partial charge is 0.367 e. The van der Waals surface area contributed by atoms with Crippen LogP contribution in [0, 0.1) is 0 Å².